The molecule has 3 rings (SSSR count). The van der Waals surface area contributed by atoms with E-state index in [1.54, 1.807) is 0 Å². The maximum Gasteiger partial charge on any atom is 0.312 e. The fourth-order valence-corrected chi connectivity index (χ4v) is 3.80. The van der Waals surface area contributed by atoms with Crippen molar-refractivity contribution in [2.75, 3.05) is 26.3 Å². The van der Waals surface area contributed by atoms with Crippen molar-refractivity contribution >= 4 is 11.9 Å². The molecule has 2 heterocycles. The number of amides is 3. The third kappa shape index (κ3) is 4.53. The van der Waals surface area contributed by atoms with E-state index in [9.17, 15) is 9.59 Å². The van der Waals surface area contributed by atoms with Crippen LogP contribution in [0.1, 0.15) is 36.4 Å². The summed E-state index contributed by atoms with van der Waals surface area (Å²) in [7, 11) is 0. The molecule has 2 saturated heterocycles. The Hall–Kier alpha value is -2.12. The molecule has 1 aromatic carbocycles. The molecule has 2 unspecified atom stereocenters. The lowest BCUT2D eigenvalue weighted by atomic mass is 9.95. The number of nitrogens with zero attached hydrogens (tertiary/aromatic N) is 1. The van der Waals surface area contributed by atoms with Gasteiger partial charge in [0.15, 0.2) is 6.29 Å². The highest BCUT2D eigenvalue weighted by atomic mass is 16.7. The number of piperidine rings is 1. The molecule has 2 aliphatic heterocycles. The number of primary amides is 1. The van der Waals surface area contributed by atoms with Crippen LogP contribution in [0.15, 0.2) is 24.3 Å². The summed E-state index contributed by atoms with van der Waals surface area (Å²) in [6.45, 7) is 4.54. The monoisotopic (exact) mass is 361 g/mol. The number of carbonyl (C=O) groups excluding carboxylic acids is 2. The summed E-state index contributed by atoms with van der Waals surface area (Å²) in [6, 6.07) is 6.65. The molecule has 0 radical (unpaired) electrons. The van der Waals surface area contributed by atoms with Gasteiger partial charge in [0.05, 0.1) is 25.7 Å². The van der Waals surface area contributed by atoms with Gasteiger partial charge >= 0.3 is 6.03 Å². The minimum atomic E-state index is -0.629. The Labute approximate surface area is 153 Å². The molecular formula is C19H27N3O4. The molecule has 2 fully saturated rings. The van der Waals surface area contributed by atoms with Crippen LogP contribution in [0.2, 0.25) is 0 Å². The maximum absolute atomic E-state index is 12.9. The van der Waals surface area contributed by atoms with E-state index in [1.165, 1.54) is 0 Å². The van der Waals surface area contributed by atoms with Crippen LogP contribution < -0.4 is 11.1 Å². The summed E-state index contributed by atoms with van der Waals surface area (Å²) >= 11 is 0. The van der Waals surface area contributed by atoms with Crippen molar-refractivity contribution in [2.24, 2.45) is 11.7 Å². The Morgan fingerprint density at radius 1 is 1.31 bits per heavy atom. The number of hydrogen-bond acceptors (Lipinski definition) is 4. The molecule has 3 N–H and O–H groups in total. The summed E-state index contributed by atoms with van der Waals surface area (Å²) in [5.74, 6) is 0.214. The number of urea groups is 1. The first-order valence-corrected chi connectivity index (χ1v) is 9.17. The lowest BCUT2D eigenvalue weighted by Crippen LogP contribution is -2.45. The second-order valence-electron chi connectivity index (χ2n) is 6.97. The van der Waals surface area contributed by atoms with E-state index in [2.05, 4.69) is 5.32 Å². The van der Waals surface area contributed by atoms with Gasteiger partial charge in [-0.1, -0.05) is 24.3 Å². The van der Waals surface area contributed by atoms with E-state index >= 15 is 0 Å². The topological polar surface area (TPSA) is 93.9 Å². The van der Waals surface area contributed by atoms with Gasteiger partial charge in [-0.05, 0) is 30.9 Å². The second-order valence-corrected chi connectivity index (χ2v) is 6.97. The van der Waals surface area contributed by atoms with Gasteiger partial charge in [0.1, 0.15) is 0 Å². The van der Waals surface area contributed by atoms with Crippen molar-refractivity contribution in [2.45, 2.75) is 38.5 Å². The van der Waals surface area contributed by atoms with E-state index in [0.29, 0.717) is 19.8 Å². The van der Waals surface area contributed by atoms with E-state index in [4.69, 9.17) is 15.2 Å². The first-order valence-electron chi connectivity index (χ1n) is 9.17. The molecular weight excluding hydrogens is 334 g/mol. The molecule has 2 aliphatic rings. The fourth-order valence-electron chi connectivity index (χ4n) is 3.80. The fraction of sp³-hybridized carbons (Fsp3) is 0.579. The van der Waals surface area contributed by atoms with Crippen molar-refractivity contribution in [3.05, 3.63) is 35.4 Å². The smallest absolute Gasteiger partial charge is 0.312 e. The van der Waals surface area contributed by atoms with Crippen molar-refractivity contribution in [1.29, 1.82) is 0 Å². The normalized spacial score (nSPS) is 22.2. The number of rotatable bonds is 5. The van der Waals surface area contributed by atoms with Gasteiger partial charge < -0.3 is 25.4 Å². The quantitative estimate of drug-likeness (QED) is 0.835. The van der Waals surface area contributed by atoms with Crippen LogP contribution in [0.5, 0.6) is 0 Å². The number of likely N-dealkylation sites (tertiary alicyclic amines) is 1. The van der Waals surface area contributed by atoms with Gasteiger partial charge in [-0.3, -0.25) is 4.79 Å². The van der Waals surface area contributed by atoms with E-state index in [-0.39, 0.29) is 24.5 Å². The minimum Gasteiger partial charge on any atom is -0.352 e. The largest absolute Gasteiger partial charge is 0.352 e. The van der Waals surface area contributed by atoms with Gasteiger partial charge in [0.2, 0.25) is 5.91 Å². The molecule has 26 heavy (non-hydrogen) atoms. The molecule has 0 saturated carbocycles. The van der Waals surface area contributed by atoms with Crippen LogP contribution in [-0.4, -0.2) is 49.4 Å². The van der Waals surface area contributed by atoms with Crippen molar-refractivity contribution in [3.63, 3.8) is 0 Å². The summed E-state index contributed by atoms with van der Waals surface area (Å²) in [5.41, 5.74) is 7.26. The Morgan fingerprint density at radius 2 is 2.04 bits per heavy atom. The van der Waals surface area contributed by atoms with Gasteiger partial charge in [0, 0.05) is 19.0 Å². The number of ether oxygens (including phenoxy) is 2. The zero-order valence-electron chi connectivity index (χ0n) is 15.1. The standard InChI is InChI=1S/C19H27N3O4/c1-13-5-2-3-7-15(13)16(21-19(20)24)11-17(23)22-8-4-6-14(12-22)18-25-9-10-26-18/h2-3,5,7,14,16,18H,4,6,8-12H2,1H3,(H3,20,21,24). The molecule has 2 atom stereocenters. The number of hydrogen-bond donors (Lipinski definition) is 2. The Bertz CT molecular complexity index is 645. The molecule has 7 heteroatoms. The average Bonchev–Trinajstić information content (AvgIpc) is 3.16. The van der Waals surface area contributed by atoms with Crippen LogP contribution in [0.4, 0.5) is 4.79 Å². The molecule has 3 amide bonds. The molecule has 7 nitrogen and oxygen atoms in total. The maximum atomic E-state index is 12.9. The number of nitrogens with one attached hydrogen (secondary N) is 1. The van der Waals surface area contributed by atoms with Crippen LogP contribution in [0.3, 0.4) is 0 Å². The van der Waals surface area contributed by atoms with E-state index in [1.807, 2.05) is 36.1 Å². The first kappa shape index (κ1) is 18.7. The zero-order chi connectivity index (χ0) is 18.5. The molecule has 142 valence electrons. The lowest BCUT2D eigenvalue weighted by Gasteiger charge is -2.35. The van der Waals surface area contributed by atoms with E-state index in [0.717, 1.165) is 30.5 Å². The molecule has 0 aliphatic carbocycles. The summed E-state index contributed by atoms with van der Waals surface area (Å²) in [4.78, 5) is 26.2. The Morgan fingerprint density at radius 3 is 2.73 bits per heavy atom. The van der Waals surface area contributed by atoms with Gasteiger partial charge in [-0.2, -0.15) is 0 Å². The Balaban J connectivity index is 1.67. The lowest BCUT2D eigenvalue weighted by molar-refractivity contribution is -0.139. The van der Waals surface area contributed by atoms with Gasteiger partial charge in [-0.25, -0.2) is 4.79 Å². The summed E-state index contributed by atoms with van der Waals surface area (Å²) in [6.07, 6.45) is 1.90. The van der Waals surface area contributed by atoms with Crippen LogP contribution in [0.25, 0.3) is 0 Å². The van der Waals surface area contributed by atoms with Crippen LogP contribution in [-0.2, 0) is 14.3 Å². The molecule has 0 bridgehead atoms. The second kappa shape index (κ2) is 8.51. The highest BCUT2D eigenvalue weighted by molar-refractivity contribution is 5.79. The SMILES string of the molecule is Cc1ccccc1C(CC(=O)N1CCCC(C2OCCO2)C1)NC(N)=O. The number of aryl methyl sites for hydroxylation is 1. The third-order valence-electron chi connectivity index (χ3n) is 5.10. The highest BCUT2D eigenvalue weighted by Crippen LogP contribution is 2.27. The van der Waals surface area contributed by atoms with Crippen molar-refractivity contribution in [3.8, 4) is 0 Å². The van der Waals surface area contributed by atoms with Gasteiger partial charge in [-0.15, -0.1) is 0 Å². The van der Waals surface area contributed by atoms with Crippen LogP contribution in [0, 0.1) is 12.8 Å². The van der Waals surface area contributed by atoms with E-state index < -0.39 is 12.1 Å². The van der Waals surface area contributed by atoms with Crippen molar-refractivity contribution in [1.82, 2.24) is 10.2 Å². The van der Waals surface area contributed by atoms with Crippen molar-refractivity contribution < 1.29 is 19.1 Å². The minimum absolute atomic E-state index is 0.00898. The number of benzene rings is 1. The predicted molar refractivity (Wildman–Crippen MR) is 96.3 cm³/mol. The first-order chi connectivity index (χ1) is 12.5. The van der Waals surface area contributed by atoms with Crippen LogP contribution >= 0.6 is 0 Å². The molecule has 0 spiro atoms. The zero-order valence-corrected chi connectivity index (χ0v) is 15.1. The predicted octanol–water partition coefficient (Wildman–Crippen LogP) is 1.71. The molecule has 1 aromatic rings. The number of carbonyl (C=O) groups is 2. The van der Waals surface area contributed by atoms with Gasteiger partial charge in [0.25, 0.3) is 0 Å². The Kier molecular flexibility index (Phi) is 6.11. The highest BCUT2D eigenvalue weighted by Gasteiger charge is 2.33. The average molecular weight is 361 g/mol. The third-order valence-corrected chi connectivity index (χ3v) is 5.10. The molecule has 0 aromatic heterocycles. The summed E-state index contributed by atoms with van der Waals surface area (Å²) < 4.78 is 11.2. The summed E-state index contributed by atoms with van der Waals surface area (Å²) in [5, 5.41) is 2.72. The number of nitrogens with two attached hydrogens (primary N) is 1.